The molecule has 0 radical (unpaired) electrons. The molecule has 1 N–H and O–H groups in total. The van der Waals surface area contributed by atoms with Gasteiger partial charge in [-0.05, 0) is 35.4 Å². The van der Waals surface area contributed by atoms with Gasteiger partial charge >= 0.3 is 0 Å². The van der Waals surface area contributed by atoms with Crippen LogP contribution in [0.1, 0.15) is 44.4 Å². The van der Waals surface area contributed by atoms with E-state index in [1.165, 1.54) is 25.1 Å². The second-order valence-electron chi connectivity index (χ2n) is 7.19. The molecule has 0 amide bonds. The van der Waals surface area contributed by atoms with E-state index in [1.807, 2.05) is 0 Å². The van der Waals surface area contributed by atoms with Crippen molar-refractivity contribution < 1.29 is 0 Å². The van der Waals surface area contributed by atoms with E-state index in [0.29, 0.717) is 11.5 Å². The largest absolute Gasteiger partial charge is 0.311 e. The van der Waals surface area contributed by atoms with Gasteiger partial charge in [0.15, 0.2) is 0 Å². The molecule has 0 aromatic heterocycles. The normalized spacial score (nSPS) is 28.4. The van der Waals surface area contributed by atoms with Gasteiger partial charge in [-0.1, -0.05) is 45.0 Å². The highest BCUT2D eigenvalue weighted by Gasteiger charge is 2.36. The predicted octanol–water partition coefficient (Wildman–Crippen LogP) is 3.20. The standard InChI is InChI=1S/C17H26N2/c1-17(2,3)14-8-9-19(12-14)16-11-18-10-13-6-4-5-7-15(13)16/h4-7,14,16,18H,8-12H2,1-3H3. The van der Waals surface area contributed by atoms with Gasteiger partial charge in [0.2, 0.25) is 0 Å². The number of fused-ring (bicyclic) bond motifs is 1. The Bertz CT molecular complexity index is 447. The second-order valence-corrected chi connectivity index (χ2v) is 7.19. The van der Waals surface area contributed by atoms with Crippen LogP contribution in [0, 0.1) is 11.3 Å². The summed E-state index contributed by atoms with van der Waals surface area (Å²) in [7, 11) is 0. The summed E-state index contributed by atoms with van der Waals surface area (Å²) in [5, 5.41) is 3.58. The van der Waals surface area contributed by atoms with E-state index >= 15 is 0 Å². The summed E-state index contributed by atoms with van der Waals surface area (Å²) in [6.45, 7) is 11.8. The second kappa shape index (κ2) is 4.92. The van der Waals surface area contributed by atoms with Crippen molar-refractivity contribution in [2.75, 3.05) is 19.6 Å². The number of benzene rings is 1. The molecule has 2 heteroatoms. The number of nitrogens with one attached hydrogen (secondary N) is 1. The molecule has 2 heterocycles. The van der Waals surface area contributed by atoms with Crippen LogP contribution in [0.3, 0.4) is 0 Å². The van der Waals surface area contributed by atoms with Gasteiger partial charge in [-0.25, -0.2) is 0 Å². The molecule has 0 spiro atoms. The van der Waals surface area contributed by atoms with Crippen LogP contribution in [-0.2, 0) is 6.54 Å². The minimum absolute atomic E-state index is 0.441. The van der Waals surface area contributed by atoms with Gasteiger partial charge in [0, 0.05) is 25.7 Å². The summed E-state index contributed by atoms with van der Waals surface area (Å²) in [5.74, 6) is 0.835. The van der Waals surface area contributed by atoms with Crippen LogP contribution in [0.2, 0.25) is 0 Å². The van der Waals surface area contributed by atoms with Gasteiger partial charge in [0.05, 0.1) is 0 Å². The highest BCUT2D eigenvalue weighted by atomic mass is 15.2. The van der Waals surface area contributed by atoms with Crippen molar-refractivity contribution >= 4 is 0 Å². The summed E-state index contributed by atoms with van der Waals surface area (Å²) in [6, 6.07) is 9.52. The van der Waals surface area contributed by atoms with Crippen molar-refractivity contribution in [1.29, 1.82) is 0 Å². The fourth-order valence-corrected chi connectivity index (χ4v) is 3.58. The van der Waals surface area contributed by atoms with Crippen LogP contribution in [0.5, 0.6) is 0 Å². The Morgan fingerprint density at radius 1 is 1.21 bits per heavy atom. The van der Waals surface area contributed by atoms with Crippen LogP contribution in [-0.4, -0.2) is 24.5 Å². The first-order valence-corrected chi connectivity index (χ1v) is 7.58. The zero-order valence-electron chi connectivity index (χ0n) is 12.4. The quantitative estimate of drug-likeness (QED) is 0.832. The molecule has 1 aromatic carbocycles. The lowest BCUT2D eigenvalue weighted by molar-refractivity contribution is 0.186. The summed E-state index contributed by atoms with van der Waals surface area (Å²) in [6.07, 6.45) is 1.35. The molecule has 0 bridgehead atoms. The van der Waals surface area contributed by atoms with Crippen molar-refractivity contribution in [3.8, 4) is 0 Å². The Morgan fingerprint density at radius 3 is 2.74 bits per heavy atom. The number of rotatable bonds is 1. The smallest absolute Gasteiger partial charge is 0.0476 e. The van der Waals surface area contributed by atoms with Crippen molar-refractivity contribution in [1.82, 2.24) is 10.2 Å². The van der Waals surface area contributed by atoms with E-state index in [-0.39, 0.29) is 0 Å². The maximum Gasteiger partial charge on any atom is 0.0476 e. The Labute approximate surface area is 117 Å². The lowest BCUT2D eigenvalue weighted by atomic mass is 9.80. The SMILES string of the molecule is CC(C)(C)C1CCN(C2CNCc3ccccc32)C1. The third-order valence-electron chi connectivity index (χ3n) is 4.95. The highest BCUT2D eigenvalue weighted by Crippen LogP contribution is 2.38. The number of nitrogens with zero attached hydrogens (tertiary/aromatic N) is 1. The van der Waals surface area contributed by atoms with E-state index in [2.05, 4.69) is 55.3 Å². The first kappa shape index (κ1) is 13.1. The summed E-state index contributed by atoms with van der Waals surface area (Å²) in [4.78, 5) is 2.70. The molecule has 2 atom stereocenters. The van der Waals surface area contributed by atoms with Gasteiger partial charge in [-0.15, -0.1) is 0 Å². The molecule has 1 fully saturated rings. The Balaban J connectivity index is 1.78. The van der Waals surface area contributed by atoms with Gasteiger partial charge in [-0.2, -0.15) is 0 Å². The lowest BCUT2D eigenvalue weighted by Gasteiger charge is -2.35. The van der Waals surface area contributed by atoms with Crippen LogP contribution in [0.4, 0.5) is 0 Å². The number of likely N-dealkylation sites (tertiary alicyclic amines) is 1. The molecule has 2 aliphatic rings. The number of hydrogen-bond donors (Lipinski definition) is 1. The molecule has 2 unspecified atom stereocenters. The molecular weight excluding hydrogens is 232 g/mol. The van der Waals surface area contributed by atoms with Gasteiger partial charge in [-0.3, -0.25) is 4.90 Å². The van der Waals surface area contributed by atoms with Crippen molar-refractivity contribution in [2.24, 2.45) is 11.3 Å². The lowest BCUT2D eigenvalue weighted by Crippen LogP contribution is -2.39. The van der Waals surface area contributed by atoms with E-state index in [4.69, 9.17) is 0 Å². The molecule has 0 saturated carbocycles. The van der Waals surface area contributed by atoms with Crippen molar-refractivity contribution in [3.63, 3.8) is 0 Å². The summed E-state index contributed by atoms with van der Waals surface area (Å²) < 4.78 is 0. The highest BCUT2D eigenvalue weighted by molar-refractivity contribution is 5.32. The topological polar surface area (TPSA) is 15.3 Å². The van der Waals surface area contributed by atoms with Crippen LogP contribution < -0.4 is 5.32 Å². The van der Waals surface area contributed by atoms with Crippen molar-refractivity contribution in [2.45, 2.75) is 39.8 Å². The maximum atomic E-state index is 3.58. The zero-order valence-corrected chi connectivity index (χ0v) is 12.4. The fraction of sp³-hybridized carbons (Fsp3) is 0.647. The Morgan fingerprint density at radius 2 is 2.00 bits per heavy atom. The Kier molecular flexibility index (Phi) is 3.40. The average Bonchev–Trinajstić information content (AvgIpc) is 2.87. The molecular formula is C17H26N2. The molecule has 3 rings (SSSR count). The first-order valence-electron chi connectivity index (χ1n) is 7.58. The average molecular weight is 258 g/mol. The Hall–Kier alpha value is -0.860. The summed E-state index contributed by atoms with van der Waals surface area (Å²) >= 11 is 0. The van der Waals surface area contributed by atoms with Crippen LogP contribution >= 0.6 is 0 Å². The third kappa shape index (κ3) is 2.56. The van der Waals surface area contributed by atoms with Crippen LogP contribution in [0.15, 0.2) is 24.3 Å². The van der Waals surface area contributed by atoms with Gasteiger partial charge < -0.3 is 5.32 Å². The molecule has 19 heavy (non-hydrogen) atoms. The van der Waals surface area contributed by atoms with E-state index < -0.39 is 0 Å². The maximum absolute atomic E-state index is 3.58. The van der Waals surface area contributed by atoms with Crippen LogP contribution in [0.25, 0.3) is 0 Å². The number of hydrogen-bond acceptors (Lipinski definition) is 2. The molecule has 104 valence electrons. The molecule has 1 saturated heterocycles. The third-order valence-corrected chi connectivity index (χ3v) is 4.95. The molecule has 1 aromatic rings. The predicted molar refractivity (Wildman–Crippen MR) is 80.0 cm³/mol. The van der Waals surface area contributed by atoms with E-state index in [9.17, 15) is 0 Å². The summed E-state index contributed by atoms with van der Waals surface area (Å²) in [5.41, 5.74) is 3.48. The molecule has 0 aliphatic carbocycles. The van der Waals surface area contributed by atoms with Gasteiger partial charge in [0.25, 0.3) is 0 Å². The minimum atomic E-state index is 0.441. The van der Waals surface area contributed by atoms with Crippen molar-refractivity contribution in [3.05, 3.63) is 35.4 Å². The fourth-order valence-electron chi connectivity index (χ4n) is 3.58. The monoisotopic (exact) mass is 258 g/mol. The zero-order chi connectivity index (χ0) is 13.5. The first-order chi connectivity index (χ1) is 9.05. The van der Waals surface area contributed by atoms with Gasteiger partial charge in [0.1, 0.15) is 0 Å². The van der Waals surface area contributed by atoms with E-state index in [0.717, 1.165) is 19.0 Å². The van der Waals surface area contributed by atoms with E-state index in [1.54, 1.807) is 5.56 Å². The molecule has 2 aliphatic heterocycles. The molecule has 2 nitrogen and oxygen atoms in total. The minimum Gasteiger partial charge on any atom is -0.311 e.